The molecule has 0 aromatic carbocycles. The Kier molecular flexibility index (Phi) is 3.53. The zero-order valence-corrected chi connectivity index (χ0v) is 11.7. The summed E-state index contributed by atoms with van der Waals surface area (Å²) in [6, 6.07) is 6.21. The van der Waals surface area contributed by atoms with E-state index in [9.17, 15) is 15.8 Å². The van der Waals surface area contributed by atoms with Crippen LogP contribution in [0, 0.1) is 51.2 Å². The lowest BCUT2D eigenvalue weighted by Crippen LogP contribution is -2.48. The second-order valence-corrected chi connectivity index (χ2v) is 5.34. The van der Waals surface area contributed by atoms with Crippen molar-refractivity contribution in [3.05, 3.63) is 22.9 Å². The molecule has 20 heavy (non-hydrogen) atoms. The zero-order chi connectivity index (χ0) is 14.9. The monoisotopic (exact) mass is 267 g/mol. The van der Waals surface area contributed by atoms with Crippen molar-refractivity contribution in [3.63, 3.8) is 0 Å². The van der Waals surface area contributed by atoms with Crippen LogP contribution in [0.25, 0.3) is 0 Å². The van der Waals surface area contributed by atoms with Gasteiger partial charge in [-0.25, -0.2) is 0 Å². The van der Waals surface area contributed by atoms with Crippen molar-refractivity contribution in [1.29, 1.82) is 15.8 Å². The number of fused-ring (bicyclic) bond motifs is 1. The van der Waals surface area contributed by atoms with Crippen molar-refractivity contribution in [2.75, 3.05) is 19.6 Å². The van der Waals surface area contributed by atoms with E-state index in [4.69, 9.17) is 5.73 Å². The van der Waals surface area contributed by atoms with Crippen LogP contribution in [0.2, 0.25) is 0 Å². The maximum absolute atomic E-state index is 9.48. The first-order valence-corrected chi connectivity index (χ1v) is 6.71. The van der Waals surface area contributed by atoms with Crippen molar-refractivity contribution in [2.24, 2.45) is 23.0 Å². The first kappa shape index (κ1) is 14.1. The van der Waals surface area contributed by atoms with E-state index in [1.807, 2.05) is 13.0 Å². The third kappa shape index (κ3) is 1.70. The summed E-state index contributed by atoms with van der Waals surface area (Å²) in [6.45, 7) is 6.39. The molecule has 0 spiro atoms. The number of likely N-dealkylation sites (N-methyl/N-ethyl adjacent to an activating group) is 1. The molecule has 2 N–H and O–H groups in total. The minimum absolute atomic E-state index is 0.00458. The molecule has 0 bridgehead atoms. The highest BCUT2D eigenvalue weighted by Crippen LogP contribution is 2.48. The molecule has 102 valence electrons. The molecule has 0 amide bonds. The Morgan fingerprint density at radius 1 is 1.40 bits per heavy atom. The van der Waals surface area contributed by atoms with Gasteiger partial charge in [0.05, 0.1) is 23.4 Å². The smallest absolute Gasteiger partial charge is 0.187 e. The van der Waals surface area contributed by atoms with Gasteiger partial charge < -0.3 is 5.73 Å². The Hall–Kier alpha value is -2.29. The van der Waals surface area contributed by atoms with Crippen LogP contribution in [-0.4, -0.2) is 24.5 Å². The summed E-state index contributed by atoms with van der Waals surface area (Å²) >= 11 is 0. The molecular weight excluding hydrogens is 250 g/mol. The molecule has 1 heterocycles. The Bertz CT molecular complexity index is 594. The van der Waals surface area contributed by atoms with Gasteiger partial charge in [0, 0.05) is 24.9 Å². The van der Waals surface area contributed by atoms with Crippen molar-refractivity contribution in [1.82, 2.24) is 4.90 Å². The fourth-order valence-electron chi connectivity index (χ4n) is 3.18. The standard InChI is InChI=1S/C15H17N5/c1-3-20-5-4-11-12(6-16)14(19)15(8-17,9-18)10(2)13(11)7-20/h4,10,13H,3,5,7,19H2,1-2H3/t10-,13-/m0/s1. The summed E-state index contributed by atoms with van der Waals surface area (Å²) in [5.41, 5.74) is 5.96. The van der Waals surface area contributed by atoms with Gasteiger partial charge in [-0.1, -0.05) is 19.9 Å². The molecule has 2 aliphatic rings. The van der Waals surface area contributed by atoms with E-state index in [2.05, 4.69) is 30.0 Å². The van der Waals surface area contributed by atoms with Crippen LogP contribution >= 0.6 is 0 Å². The molecule has 1 aliphatic heterocycles. The summed E-state index contributed by atoms with van der Waals surface area (Å²) in [5, 5.41) is 28.3. The van der Waals surface area contributed by atoms with Crippen molar-refractivity contribution < 1.29 is 0 Å². The largest absolute Gasteiger partial charge is 0.399 e. The van der Waals surface area contributed by atoms with E-state index in [0.29, 0.717) is 5.57 Å². The molecule has 0 aromatic heterocycles. The number of hydrogen-bond acceptors (Lipinski definition) is 5. The highest BCUT2D eigenvalue weighted by molar-refractivity contribution is 5.56. The third-order valence-corrected chi connectivity index (χ3v) is 4.60. The number of hydrogen-bond donors (Lipinski definition) is 1. The number of rotatable bonds is 1. The highest BCUT2D eigenvalue weighted by Gasteiger charge is 2.51. The predicted molar refractivity (Wildman–Crippen MR) is 73.3 cm³/mol. The topological polar surface area (TPSA) is 101 Å². The fourth-order valence-corrected chi connectivity index (χ4v) is 3.18. The minimum atomic E-state index is -1.40. The molecule has 0 unspecified atom stereocenters. The van der Waals surface area contributed by atoms with Gasteiger partial charge in [0.25, 0.3) is 0 Å². The molecule has 0 aromatic rings. The van der Waals surface area contributed by atoms with E-state index in [-0.39, 0.29) is 17.5 Å². The molecule has 0 saturated heterocycles. The van der Waals surface area contributed by atoms with Crippen molar-refractivity contribution in [2.45, 2.75) is 13.8 Å². The average molecular weight is 267 g/mol. The van der Waals surface area contributed by atoms with Crippen LogP contribution in [0.4, 0.5) is 0 Å². The minimum Gasteiger partial charge on any atom is -0.399 e. The first-order chi connectivity index (χ1) is 9.55. The van der Waals surface area contributed by atoms with E-state index in [1.54, 1.807) is 0 Å². The lowest BCUT2D eigenvalue weighted by Gasteiger charge is -2.43. The van der Waals surface area contributed by atoms with Crippen LogP contribution in [0.5, 0.6) is 0 Å². The maximum Gasteiger partial charge on any atom is 0.187 e. The molecule has 0 saturated carbocycles. The molecular formula is C15H17N5. The van der Waals surface area contributed by atoms with E-state index in [1.165, 1.54) is 0 Å². The average Bonchev–Trinajstić information content (AvgIpc) is 2.49. The number of allylic oxidation sites excluding steroid dienone is 2. The van der Waals surface area contributed by atoms with E-state index >= 15 is 0 Å². The summed E-state index contributed by atoms with van der Waals surface area (Å²) in [7, 11) is 0. The quantitative estimate of drug-likeness (QED) is 0.771. The summed E-state index contributed by atoms with van der Waals surface area (Å²) in [6.07, 6.45) is 2.01. The second-order valence-electron chi connectivity index (χ2n) is 5.34. The lowest BCUT2D eigenvalue weighted by molar-refractivity contribution is 0.184. The molecule has 2 rings (SSSR count). The SMILES string of the molecule is CCN1CC=C2C(C#N)=C(N)C(C#N)(C#N)[C@@H](C)[C@@H]2C1. The van der Waals surface area contributed by atoms with E-state index in [0.717, 1.165) is 25.2 Å². The van der Waals surface area contributed by atoms with Gasteiger partial charge in [-0.3, -0.25) is 4.90 Å². The second kappa shape index (κ2) is 5.00. The molecule has 0 fully saturated rings. The van der Waals surface area contributed by atoms with Gasteiger partial charge >= 0.3 is 0 Å². The van der Waals surface area contributed by atoms with Crippen LogP contribution in [0.3, 0.4) is 0 Å². The summed E-state index contributed by atoms with van der Waals surface area (Å²) in [5.74, 6) is -0.222. The molecule has 1 aliphatic carbocycles. The maximum atomic E-state index is 9.48. The van der Waals surface area contributed by atoms with Crippen LogP contribution < -0.4 is 5.73 Å². The Labute approximate surface area is 119 Å². The van der Waals surface area contributed by atoms with Crippen molar-refractivity contribution in [3.8, 4) is 18.2 Å². The molecule has 5 nitrogen and oxygen atoms in total. The normalized spacial score (nSPS) is 28.6. The van der Waals surface area contributed by atoms with Gasteiger partial charge in [-0.2, -0.15) is 15.8 Å². The third-order valence-electron chi connectivity index (χ3n) is 4.60. The number of nitriles is 3. The van der Waals surface area contributed by atoms with Gasteiger partial charge in [0.2, 0.25) is 0 Å². The van der Waals surface area contributed by atoms with Crippen LogP contribution in [0.1, 0.15) is 13.8 Å². The van der Waals surface area contributed by atoms with Crippen LogP contribution in [0.15, 0.2) is 22.9 Å². The lowest BCUT2D eigenvalue weighted by atomic mass is 9.61. The number of nitrogens with zero attached hydrogens (tertiary/aromatic N) is 4. The first-order valence-electron chi connectivity index (χ1n) is 6.71. The Morgan fingerprint density at radius 3 is 2.55 bits per heavy atom. The summed E-state index contributed by atoms with van der Waals surface area (Å²) < 4.78 is 0. The zero-order valence-electron chi connectivity index (χ0n) is 11.7. The van der Waals surface area contributed by atoms with Gasteiger partial charge in [-0.05, 0) is 12.1 Å². The number of nitrogens with two attached hydrogens (primary N) is 1. The Balaban J connectivity index is 2.65. The predicted octanol–water partition coefficient (Wildman–Crippen LogP) is 1.28. The van der Waals surface area contributed by atoms with Gasteiger partial charge in [-0.15, -0.1) is 0 Å². The van der Waals surface area contributed by atoms with Gasteiger partial charge in [0.1, 0.15) is 6.07 Å². The molecule has 0 radical (unpaired) electrons. The Morgan fingerprint density at radius 2 is 2.05 bits per heavy atom. The van der Waals surface area contributed by atoms with Crippen LogP contribution in [-0.2, 0) is 0 Å². The van der Waals surface area contributed by atoms with Gasteiger partial charge in [0.15, 0.2) is 5.41 Å². The fraction of sp³-hybridized carbons (Fsp3) is 0.533. The van der Waals surface area contributed by atoms with Crippen molar-refractivity contribution >= 4 is 0 Å². The molecule has 2 atom stereocenters. The summed E-state index contributed by atoms with van der Waals surface area (Å²) in [4.78, 5) is 2.24. The molecule has 5 heteroatoms. The highest BCUT2D eigenvalue weighted by atomic mass is 15.1. The van der Waals surface area contributed by atoms with E-state index < -0.39 is 5.41 Å².